The molecule has 0 aromatic heterocycles. The van der Waals surface area contributed by atoms with E-state index in [9.17, 15) is 18.0 Å². The highest BCUT2D eigenvalue weighted by Gasteiger charge is 2.30. The van der Waals surface area contributed by atoms with Crippen LogP contribution >= 0.6 is 0 Å². The Morgan fingerprint density at radius 2 is 1.62 bits per heavy atom. The first-order chi connectivity index (χ1) is 16.0. The van der Waals surface area contributed by atoms with E-state index in [0.717, 1.165) is 44.9 Å². The molecule has 0 radical (unpaired) electrons. The topological polar surface area (TPSA) is 102 Å². The summed E-state index contributed by atoms with van der Waals surface area (Å²) in [7, 11) is -3.41. The fourth-order valence-electron chi connectivity index (χ4n) is 4.83. The number of carbonyl (C=O) groups is 2. The summed E-state index contributed by atoms with van der Waals surface area (Å²) >= 11 is 0. The molecule has 0 spiro atoms. The first kappa shape index (κ1) is 26.7. The lowest BCUT2D eigenvalue weighted by Crippen LogP contribution is -2.47. The number of rotatable bonds is 8. The lowest BCUT2D eigenvalue weighted by Gasteiger charge is -2.29. The van der Waals surface area contributed by atoms with Crippen molar-refractivity contribution in [3.8, 4) is 0 Å². The summed E-state index contributed by atoms with van der Waals surface area (Å²) in [5, 5.41) is 5.91. The molecule has 1 aromatic carbocycles. The van der Waals surface area contributed by atoms with Gasteiger partial charge in [0.15, 0.2) is 9.84 Å². The number of benzene rings is 1. The standard InChI is InChI=1S/C26H40N2O5S/c1-26(2,3)18-34(31,32)22-11-9-21(10-12-22)27-25(30)23(17-19-13-15-33-16-14-19)28-24(29)20-7-5-4-6-8-20/h9-12,19-20,23H,4-8,13-18H2,1-3H3,(H,27,30)(H,28,29)/t23-/m0/s1. The van der Waals surface area contributed by atoms with Crippen LogP contribution in [0.3, 0.4) is 0 Å². The molecule has 1 heterocycles. The van der Waals surface area contributed by atoms with Crippen molar-refractivity contribution in [3.05, 3.63) is 24.3 Å². The highest BCUT2D eigenvalue weighted by Crippen LogP contribution is 2.26. The maximum absolute atomic E-state index is 13.2. The minimum absolute atomic E-state index is 0.0222. The first-order valence-electron chi connectivity index (χ1n) is 12.6. The molecule has 1 aliphatic heterocycles. The largest absolute Gasteiger partial charge is 0.381 e. The van der Waals surface area contributed by atoms with Gasteiger partial charge in [-0.1, -0.05) is 40.0 Å². The van der Waals surface area contributed by atoms with Crippen molar-refractivity contribution < 1.29 is 22.7 Å². The van der Waals surface area contributed by atoms with E-state index >= 15 is 0 Å². The summed E-state index contributed by atoms with van der Waals surface area (Å²) in [5.41, 5.74) is 0.170. The van der Waals surface area contributed by atoms with Gasteiger partial charge in [0.05, 0.1) is 10.6 Å². The van der Waals surface area contributed by atoms with E-state index in [-0.39, 0.29) is 33.8 Å². The molecule has 3 rings (SSSR count). The van der Waals surface area contributed by atoms with Crippen LogP contribution in [0.15, 0.2) is 29.2 Å². The summed E-state index contributed by atoms with van der Waals surface area (Å²) in [6.07, 6.45) is 7.36. The van der Waals surface area contributed by atoms with Crippen LogP contribution in [0.5, 0.6) is 0 Å². The smallest absolute Gasteiger partial charge is 0.246 e. The summed E-state index contributed by atoms with van der Waals surface area (Å²) < 4.78 is 30.7. The van der Waals surface area contributed by atoms with Crippen LogP contribution in [0.4, 0.5) is 5.69 Å². The van der Waals surface area contributed by atoms with Crippen molar-refractivity contribution in [2.24, 2.45) is 17.3 Å². The molecule has 2 fully saturated rings. The average molecular weight is 493 g/mol. The SMILES string of the molecule is CC(C)(C)CS(=O)(=O)c1ccc(NC(=O)[C@H](CC2CCOCC2)NC(=O)C2CCCCC2)cc1. The predicted molar refractivity (Wildman–Crippen MR) is 133 cm³/mol. The van der Waals surface area contributed by atoms with Crippen LogP contribution in [-0.4, -0.2) is 45.2 Å². The quantitative estimate of drug-likeness (QED) is 0.563. The van der Waals surface area contributed by atoms with Crippen molar-refractivity contribution in [1.82, 2.24) is 5.32 Å². The predicted octanol–water partition coefficient (Wildman–Crippen LogP) is 4.33. The van der Waals surface area contributed by atoms with Gasteiger partial charge in [-0.05, 0) is 67.7 Å². The molecule has 1 saturated heterocycles. The first-order valence-corrected chi connectivity index (χ1v) is 14.2. The molecule has 7 nitrogen and oxygen atoms in total. The van der Waals surface area contributed by atoms with Crippen molar-refractivity contribution in [2.75, 3.05) is 24.3 Å². The van der Waals surface area contributed by atoms with E-state index in [2.05, 4.69) is 10.6 Å². The van der Waals surface area contributed by atoms with Crippen molar-refractivity contribution >= 4 is 27.3 Å². The number of ether oxygens (including phenoxy) is 1. The second-order valence-electron chi connectivity index (χ2n) is 11.0. The zero-order valence-electron chi connectivity index (χ0n) is 20.8. The van der Waals surface area contributed by atoms with Crippen molar-refractivity contribution in [1.29, 1.82) is 0 Å². The molecule has 1 aliphatic carbocycles. The van der Waals surface area contributed by atoms with E-state index in [1.54, 1.807) is 12.1 Å². The van der Waals surface area contributed by atoms with E-state index in [4.69, 9.17) is 4.74 Å². The van der Waals surface area contributed by atoms with E-state index in [0.29, 0.717) is 31.2 Å². The number of nitrogens with one attached hydrogen (secondary N) is 2. The number of hydrogen-bond donors (Lipinski definition) is 2. The Morgan fingerprint density at radius 1 is 1.00 bits per heavy atom. The van der Waals surface area contributed by atoms with E-state index in [1.165, 1.54) is 12.1 Å². The fourth-order valence-corrected chi connectivity index (χ4v) is 6.69. The Balaban J connectivity index is 1.67. The molecule has 34 heavy (non-hydrogen) atoms. The summed E-state index contributed by atoms with van der Waals surface area (Å²) in [6.45, 7) is 7.03. The maximum atomic E-state index is 13.2. The molecule has 8 heteroatoms. The average Bonchev–Trinajstić information content (AvgIpc) is 2.78. The molecule has 0 bridgehead atoms. The van der Waals surface area contributed by atoms with Gasteiger partial charge >= 0.3 is 0 Å². The summed E-state index contributed by atoms with van der Waals surface area (Å²) in [6, 6.07) is 5.67. The lowest BCUT2D eigenvalue weighted by atomic mass is 9.87. The fraction of sp³-hybridized carbons (Fsp3) is 0.692. The Kier molecular flexibility index (Phi) is 9.15. The lowest BCUT2D eigenvalue weighted by molar-refractivity contribution is -0.130. The zero-order chi connectivity index (χ0) is 24.8. The molecule has 2 aliphatic rings. The Morgan fingerprint density at radius 3 is 2.21 bits per heavy atom. The third-order valence-corrected chi connectivity index (χ3v) is 8.86. The number of anilines is 1. The summed E-state index contributed by atoms with van der Waals surface area (Å²) in [5.74, 6) is 0.0510. The maximum Gasteiger partial charge on any atom is 0.246 e. The highest BCUT2D eigenvalue weighted by molar-refractivity contribution is 7.91. The minimum atomic E-state index is -3.41. The number of sulfone groups is 1. The second-order valence-corrected chi connectivity index (χ2v) is 13.0. The van der Waals surface area contributed by atoms with Gasteiger partial charge in [0.25, 0.3) is 0 Å². The third kappa shape index (κ3) is 8.08. The van der Waals surface area contributed by atoms with Crippen LogP contribution in [-0.2, 0) is 24.2 Å². The van der Waals surface area contributed by atoms with Gasteiger partial charge < -0.3 is 15.4 Å². The highest BCUT2D eigenvalue weighted by atomic mass is 32.2. The van der Waals surface area contributed by atoms with Gasteiger partial charge in [0.1, 0.15) is 6.04 Å². The van der Waals surface area contributed by atoms with E-state index in [1.807, 2.05) is 20.8 Å². The molecule has 1 aromatic rings. The molecule has 190 valence electrons. The Labute approximate surface area is 204 Å². The third-order valence-electron chi connectivity index (χ3n) is 6.62. The van der Waals surface area contributed by atoms with Gasteiger partial charge in [-0.25, -0.2) is 8.42 Å². The summed E-state index contributed by atoms with van der Waals surface area (Å²) in [4.78, 5) is 26.3. The minimum Gasteiger partial charge on any atom is -0.381 e. The Hall–Kier alpha value is -1.93. The van der Waals surface area contributed by atoms with Crippen LogP contribution in [0.25, 0.3) is 0 Å². The van der Waals surface area contributed by atoms with Gasteiger partial charge in [-0.15, -0.1) is 0 Å². The van der Waals surface area contributed by atoms with Gasteiger partial charge in [0, 0.05) is 24.8 Å². The molecular formula is C26H40N2O5S. The molecule has 1 atom stereocenters. The van der Waals surface area contributed by atoms with Crippen LogP contribution in [0.2, 0.25) is 0 Å². The zero-order valence-corrected chi connectivity index (χ0v) is 21.6. The van der Waals surface area contributed by atoms with Crippen LogP contribution in [0.1, 0.15) is 72.1 Å². The molecule has 1 saturated carbocycles. The van der Waals surface area contributed by atoms with Crippen molar-refractivity contribution in [2.45, 2.75) is 83.1 Å². The number of amides is 2. The van der Waals surface area contributed by atoms with Crippen LogP contribution in [0, 0.1) is 17.3 Å². The monoisotopic (exact) mass is 492 g/mol. The van der Waals surface area contributed by atoms with Gasteiger partial charge in [-0.3, -0.25) is 9.59 Å². The van der Waals surface area contributed by atoms with E-state index < -0.39 is 15.9 Å². The number of hydrogen-bond acceptors (Lipinski definition) is 5. The van der Waals surface area contributed by atoms with Gasteiger partial charge in [0.2, 0.25) is 11.8 Å². The molecule has 0 unspecified atom stereocenters. The number of carbonyl (C=O) groups excluding carboxylic acids is 2. The molecule has 2 N–H and O–H groups in total. The normalized spacial score (nSPS) is 19.4. The molecule has 2 amide bonds. The molecular weight excluding hydrogens is 452 g/mol. The van der Waals surface area contributed by atoms with Crippen LogP contribution < -0.4 is 10.6 Å². The second kappa shape index (κ2) is 11.7. The Bertz CT molecular complexity index is 925. The van der Waals surface area contributed by atoms with Gasteiger partial charge in [-0.2, -0.15) is 0 Å². The van der Waals surface area contributed by atoms with Crippen molar-refractivity contribution in [3.63, 3.8) is 0 Å².